The normalized spacial score (nSPS) is 10.8. The van der Waals surface area contributed by atoms with Gasteiger partial charge in [0.05, 0.1) is 7.11 Å². The molecule has 0 spiro atoms. The zero-order valence-corrected chi connectivity index (χ0v) is 15.5. The van der Waals surface area contributed by atoms with Gasteiger partial charge in [-0.25, -0.2) is 0 Å². The molecule has 4 aromatic rings. The summed E-state index contributed by atoms with van der Waals surface area (Å²) in [5.74, 6) is 3.11. The van der Waals surface area contributed by atoms with E-state index in [1.54, 1.807) is 31.4 Å². The van der Waals surface area contributed by atoms with Gasteiger partial charge in [-0.2, -0.15) is 10.1 Å². The number of aromatic amines is 1. The second-order valence-electron chi connectivity index (χ2n) is 5.99. The molecule has 0 aliphatic carbocycles. The summed E-state index contributed by atoms with van der Waals surface area (Å²) in [5, 5.41) is 12.7. The highest BCUT2D eigenvalue weighted by molar-refractivity contribution is 6.30. The summed E-state index contributed by atoms with van der Waals surface area (Å²) in [6.07, 6.45) is 0. The van der Waals surface area contributed by atoms with Crippen LogP contribution in [0.4, 0.5) is 11.6 Å². The highest BCUT2D eigenvalue weighted by Gasteiger charge is 2.13. The van der Waals surface area contributed by atoms with Crippen LogP contribution in [-0.2, 0) is 0 Å². The fraction of sp³-hybridized carbons (Fsp3) is 0.100. The summed E-state index contributed by atoms with van der Waals surface area (Å²) in [5.41, 5.74) is 0.952. The first-order valence-corrected chi connectivity index (χ1v) is 8.70. The second kappa shape index (κ2) is 7.17. The summed E-state index contributed by atoms with van der Waals surface area (Å²) in [6, 6.07) is 16.7. The maximum Gasteiger partial charge on any atom is 0.229 e. The number of methoxy groups -OCH3 is 1. The molecule has 0 fully saturated rings. The molecule has 0 amide bonds. The van der Waals surface area contributed by atoms with Gasteiger partial charge in [-0.15, -0.1) is 0 Å². The van der Waals surface area contributed by atoms with E-state index in [9.17, 15) is 0 Å². The number of hydrogen-bond acceptors (Lipinski definition) is 5. The van der Waals surface area contributed by atoms with Crippen LogP contribution in [0.25, 0.3) is 10.8 Å². The second-order valence-corrected chi connectivity index (χ2v) is 6.42. The van der Waals surface area contributed by atoms with Crippen LogP contribution >= 0.6 is 11.6 Å². The highest BCUT2D eigenvalue weighted by atomic mass is 35.5. The molecule has 6 nitrogen and oxygen atoms in total. The zero-order chi connectivity index (χ0) is 18.8. The number of nitrogens with one attached hydrogen (secondary N) is 2. The van der Waals surface area contributed by atoms with E-state index in [1.807, 2.05) is 37.3 Å². The Hall–Kier alpha value is -3.25. The standard InChI is InChI=1S/C20H17ClN4O2/c1-12-10-19(25-24-12)22-18-11-16-15(4-3-5-17(16)26-2)20(23-18)27-14-8-6-13(21)7-9-14/h3-11H,1-2H3,(H2,22,23,24,25). The van der Waals surface area contributed by atoms with Crippen molar-refractivity contribution in [1.82, 2.24) is 15.2 Å². The number of anilines is 2. The smallest absolute Gasteiger partial charge is 0.229 e. The first-order valence-electron chi connectivity index (χ1n) is 8.32. The number of H-pyrrole nitrogens is 1. The fourth-order valence-corrected chi connectivity index (χ4v) is 2.89. The monoisotopic (exact) mass is 380 g/mol. The minimum atomic E-state index is 0.462. The van der Waals surface area contributed by atoms with Gasteiger partial charge in [-0.05, 0) is 49.4 Å². The number of rotatable bonds is 5. The molecule has 2 heterocycles. The van der Waals surface area contributed by atoms with Gasteiger partial charge >= 0.3 is 0 Å². The maximum atomic E-state index is 6.04. The Bertz CT molecular complexity index is 1090. The van der Waals surface area contributed by atoms with Gasteiger partial charge < -0.3 is 14.8 Å². The number of ether oxygens (including phenoxy) is 2. The molecule has 0 saturated carbocycles. The van der Waals surface area contributed by atoms with E-state index in [4.69, 9.17) is 21.1 Å². The first-order chi connectivity index (χ1) is 13.1. The molecule has 0 aliphatic heterocycles. The van der Waals surface area contributed by atoms with E-state index >= 15 is 0 Å². The summed E-state index contributed by atoms with van der Waals surface area (Å²) in [4.78, 5) is 4.62. The van der Waals surface area contributed by atoms with Crippen LogP contribution in [0.2, 0.25) is 5.02 Å². The molecule has 2 aromatic carbocycles. The van der Waals surface area contributed by atoms with Crippen LogP contribution in [0.3, 0.4) is 0 Å². The van der Waals surface area contributed by atoms with Gasteiger partial charge in [0.2, 0.25) is 5.88 Å². The Balaban J connectivity index is 1.80. The van der Waals surface area contributed by atoms with Crippen molar-refractivity contribution in [3.8, 4) is 17.4 Å². The lowest BCUT2D eigenvalue weighted by molar-refractivity contribution is 0.419. The Morgan fingerprint density at radius 3 is 2.52 bits per heavy atom. The number of fused-ring (bicyclic) bond motifs is 1. The fourth-order valence-electron chi connectivity index (χ4n) is 2.77. The van der Waals surface area contributed by atoms with E-state index in [0.29, 0.717) is 28.3 Å². The lowest BCUT2D eigenvalue weighted by Crippen LogP contribution is -1.98. The summed E-state index contributed by atoms with van der Waals surface area (Å²) >= 11 is 5.96. The van der Waals surface area contributed by atoms with E-state index in [1.165, 1.54) is 0 Å². The number of hydrogen-bond donors (Lipinski definition) is 2. The van der Waals surface area contributed by atoms with Gasteiger partial charge in [0.1, 0.15) is 17.3 Å². The third-order valence-electron chi connectivity index (χ3n) is 4.01. The van der Waals surface area contributed by atoms with Gasteiger partial charge in [0.25, 0.3) is 0 Å². The first kappa shape index (κ1) is 17.2. The predicted molar refractivity (Wildman–Crippen MR) is 106 cm³/mol. The Morgan fingerprint density at radius 2 is 1.81 bits per heavy atom. The largest absolute Gasteiger partial charge is 0.496 e. The number of aromatic nitrogens is 3. The third-order valence-corrected chi connectivity index (χ3v) is 4.26. The van der Waals surface area contributed by atoms with Crippen LogP contribution in [0.15, 0.2) is 54.6 Å². The molecule has 7 heteroatoms. The molecular formula is C20H17ClN4O2. The highest BCUT2D eigenvalue weighted by Crippen LogP contribution is 2.36. The molecule has 27 heavy (non-hydrogen) atoms. The molecular weight excluding hydrogens is 364 g/mol. The lowest BCUT2D eigenvalue weighted by Gasteiger charge is -2.13. The van der Waals surface area contributed by atoms with Crippen LogP contribution in [-0.4, -0.2) is 22.3 Å². The Morgan fingerprint density at radius 1 is 1.00 bits per heavy atom. The van der Waals surface area contributed by atoms with Crippen molar-refractivity contribution in [3.63, 3.8) is 0 Å². The van der Waals surface area contributed by atoms with Crippen molar-refractivity contribution >= 4 is 34.0 Å². The molecule has 0 atom stereocenters. The van der Waals surface area contributed by atoms with E-state index in [0.717, 1.165) is 22.2 Å². The van der Waals surface area contributed by atoms with Crippen molar-refractivity contribution in [1.29, 1.82) is 0 Å². The van der Waals surface area contributed by atoms with E-state index < -0.39 is 0 Å². The van der Waals surface area contributed by atoms with E-state index in [-0.39, 0.29) is 0 Å². The van der Waals surface area contributed by atoms with Crippen LogP contribution < -0.4 is 14.8 Å². The van der Waals surface area contributed by atoms with Gasteiger partial charge in [-0.3, -0.25) is 5.10 Å². The van der Waals surface area contributed by atoms with Crippen molar-refractivity contribution in [2.24, 2.45) is 0 Å². The average molecular weight is 381 g/mol. The number of nitrogens with zero attached hydrogens (tertiary/aromatic N) is 2. The summed E-state index contributed by atoms with van der Waals surface area (Å²) in [7, 11) is 1.64. The van der Waals surface area contributed by atoms with Crippen LogP contribution in [0.1, 0.15) is 5.69 Å². The summed E-state index contributed by atoms with van der Waals surface area (Å²) in [6.45, 7) is 1.93. The summed E-state index contributed by atoms with van der Waals surface area (Å²) < 4.78 is 11.5. The molecule has 0 bridgehead atoms. The molecule has 0 saturated heterocycles. The minimum absolute atomic E-state index is 0.462. The SMILES string of the molecule is COc1cccc2c(Oc3ccc(Cl)cc3)nc(Nc3cc(C)[nH]n3)cc12. The number of pyridine rings is 1. The topological polar surface area (TPSA) is 72.1 Å². The molecule has 0 radical (unpaired) electrons. The molecule has 2 aromatic heterocycles. The lowest BCUT2D eigenvalue weighted by atomic mass is 10.1. The van der Waals surface area contributed by atoms with Gasteiger partial charge in [-0.1, -0.05) is 17.7 Å². The number of aryl methyl sites for hydroxylation is 1. The van der Waals surface area contributed by atoms with Crippen LogP contribution in [0, 0.1) is 6.92 Å². The minimum Gasteiger partial charge on any atom is -0.496 e. The number of benzene rings is 2. The van der Waals surface area contributed by atoms with Crippen molar-refractivity contribution in [2.75, 3.05) is 12.4 Å². The van der Waals surface area contributed by atoms with E-state index in [2.05, 4.69) is 20.5 Å². The number of halogens is 1. The Labute approximate surface area is 161 Å². The quantitative estimate of drug-likeness (QED) is 0.480. The maximum absolute atomic E-state index is 6.04. The van der Waals surface area contributed by atoms with Crippen LogP contribution in [0.5, 0.6) is 17.4 Å². The van der Waals surface area contributed by atoms with Crippen molar-refractivity contribution in [3.05, 3.63) is 65.3 Å². The molecule has 0 aliphatic rings. The third kappa shape index (κ3) is 3.66. The van der Waals surface area contributed by atoms with Gasteiger partial charge in [0, 0.05) is 27.6 Å². The Kier molecular flexibility index (Phi) is 4.56. The van der Waals surface area contributed by atoms with Gasteiger partial charge in [0.15, 0.2) is 5.82 Å². The molecule has 4 rings (SSSR count). The van der Waals surface area contributed by atoms with Crippen molar-refractivity contribution < 1.29 is 9.47 Å². The molecule has 2 N–H and O–H groups in total. The van der Waals surface area contributed by atoms with Crippen molar-refractivity contribution in [2.45, 2.75) is 6.92 Å². The predicted octanol–water partition coefficient (Wildman–Crippen LogP) is 5.46. The molecule has 0 unspecified atom stereocenters. The molecule has 136 valence electrons. The zero-order valence-electron chi connectivity index (χ0n) is 14.8. The average Bonchev–Trinajstić information content (AvgIpc) is 3.08.